The van der Waals surface area contributed by atoms with Crippen LogP contribution in [0.1, 0.15) is 58.9 Å². The summed E-state index contributed by atoms with van der Waals surface area (Å²) in [6.07, 6.45) is 6.23. The first kappa shape index (κ1) is 31.0. The van der Waals surface area contributed by atoms with Gasteiger partial charge in [0.15, 0.2) is 0 Å². The van der Waals surface area contributed by atoms with Crippen LogP contribution >= 0.6 is 0 Å². The van der Waals surface area contributed by atoms with Crippen LogP contribution in [0.3, 0.4) is 0 Å². The molecule has 1 N–H and O–H groups in total. The summed E-state index contributed by atoms with van der Waals surface area (Å²) in [6.45, 7) is 16.5. The van der Waals surface area contributed by atoms with Gasteiger partial charge < -0.3 is 24.5 Å². The Morgan fingerprint density at radius 3 is 2.37 bits per heavy atom. The predicted octanol–water partition coefficient (Wildman–Crippen LogP) is 3.59. The number of carbonyl (C=O) groups excluding carboxylic acids is 3. The van der Waals surface area contributed by atoms with Gasteiger partial charge in [-0.1, -0.05) is 56.3 Å². The molecule has 3 amide bonds. The molecule has 0 saturated carbocycles. The summed E-state index contributed by atoms with van der Waals surface area (Å²) in [7, 11) is 0. The van der Waals surface area contributed by atoms with Crippen LogP contribution < -0.4 is 0 Å². The van der Waals surface area contributed by atoms with Crippen molar-refractivity contribution in [2.45, 2.75) is 89.1 Å². The highest BCUT2D eigenvalue weighted by molar-refractivity contribution is 5.99. The van der Waals surface area contributed by atoms with E-state index in [2.05, 4.69) is 13.2 Å². The first-order chi connectivity index (χ1) is 19.7. The minimum atomic E-state index is -1.14. The lowest BCUT2D eigenvalue weighted by molar-refractivity contribution is -0.158. The van der Waals surface area contributed by atoms with Crippen LogP contribution in [0.5, 0.6) is 0 Å². The number of carbonyl (C=O) groups is 3. The lowest BCUT2D eigenvalue weighted by atomic mass is 9.64. The minimum Gasteiger partial charge on any atom is -0.394 e. The monoisotopic (exact) mass is 565 g/mol. The van der Waals surface area contributed by atoms with E-state index in [9.17, 15) is 19.5 Å². The molecule has 2 unspecified atom stereocenters. The Kier molecular flexibility index (Phi) is 9.44. The van der Waals surface area contributed by atoms with Crippen molar-refractivity contribution in [1.29, 1.82) is 0 Å². The Balaban J connectivity index is 1.86. The molecule has 8 heteroatoms. The van der Waals surface area contributed by atoms with Crippen LogP contribution in [-0.4, -0.2) is 93.1 Å². The van der Waals surface area contributed by atoms with Gasteiger partial charge in [0.1, 0.15) is 11.6 Å². The molecule has 2 bridgehead atoms. The smallest absolute Gasteiger partial charge is 0.248 e. The van der Waals surface area contributed by atoms with Crippen molar-refractivity contribution < 1.29 is 24.2 Å². The van der Waals surface area contributed by atoms with Crippen LogP contribution in [0.2, 0.25) is 0 Å². The van der Waals surface area contributed by atoms with Crippen molar-refractivity contribution in [1.82, 2.24) is 14.7 Å². The summed E-state index contributed by atoms with van der Waals surface area (Å²) in [5.41, 5.74) is -1.01. The number of amides is 3. The van der Waals surface area contributed by atoms with Gasteiger partial charge in [0.2, 0.25) is 17.7 Å². The number of rotatable bonds is 14. The molecule has 1 aromatic rings. The number of hydrogen-bond donors (Lipinski definition) is 1. The van der Waals surface area contributed by atoms with E-state index < -0.39 is 35.1 Å². The highest BCUT2D eigenvalue weighted by atomic mass is 16.5. The lowest BCUT2D eigenvalue weighted by Gasteiger charge is -2.40. The van der Waals surface area contributed by atoms with Crippen LogP contribution in [-0.2, 0) is 25.5 Å². The van der Waals surface area contributed by atoms with E-state index in [0.29, 0.717) is 45.3 Å². The Bertz CT molecular complexity index is 1140. The first-order valence-electron chi connectivity index (χ1n) is 15.1. The zero-order chi connectivity index (χ0) is 29.9. The maximum absolute atomic E-state index is 14.7. The predicted molar refractivity (Wildman–Crippen MR) is 159 cm³/mol. The highest BCUT2D eigenvalue weighted by Gasteiger charge is 2.79. The molecule has 0 aliphatic carbocycles. The number of benzene rings is 1. The molecule has 3 aliphatic rings. The van der Waals surface area contributed by atoms with E-state index in [1.807, 2.05) is 58.0 Å². The third-order valence-electron chi connectivity index (χ3n) is 9.42. The number of likely N-dealkylation sites (tertiary alicyclic amines) is 1. The molecule has 3 aliphatic heterocycles. The number of hydrogen-bond acceptors (Lipinski definition) is 5. The maximum atomic E-state index is 14.7. The van der Waals surface area contributed by atoms with E-state index in [1.54, 1.807) is 26.9 Å². The molecule has 3 saturated heterocycles. The summed E-state index contributed by atoms with van der Waals surface area (Å²) in [5.74, 6) is -2.12. The summed E-state index contributed by atoms with van der Waals surface area (Å²) in [5, 5.41) is 10.7. The minimum absolute atomic E-state index is 0.114. The molecule has 0 radical (unpaired) electrons. The molecule has 41 heavy (non-hydrogen) atoms. The molecule has 8 nitrogen and oxygen atoms in total. The van der Waals surface area contributed by atoms with Crippen molar-refractivity contribution >= 4 is 17.7 Å². The molecule has 1 spiro atoms. The fraction of sp³-hybridized carbons (Fsp3) is 0.606. The second-order valence-electron chi connectivity index (χ2n) is 12.1. The number of nitrogens with zero attached hydrogens (tertiary/aromatic N) is 3. The van der Waals surface area contributed by atoms with Gasteiger partial charge in [0, 0.05) is 25.7 Å². The second-order valence-corrected chi connectivity index (χ2v) is 12.1. The molecule has 224 valence electrons. The quantitative estimate of drug-likeness (QED) is 0.348. The van der Waals surface area contributed by atoms with Gasteiger partial charge in [0.05, 0.1) is 30.1 Å². The summed E-state index contributed by atoms with van der Waals surface area (Å²) < 4.78 is 6.96. The van der Waals surface area contributed by atoms with Crippen LogP contribution in [0.4, 0.5) is 0 Å². The average molecular weight is 566 g/mol. The van der Waals surface area contributed by atoms with Crippen molar-refractivity contribution in [3.8, 4) is 0 Å². The lowest BCUT2D eigenvalue weighted by Crippen LogP contribution is -2.60. The van der Waals surface area contributed by atoms with E-state index in [0.717, 1.165) is 12.0 Å². The zero-order valence-corrected chi connectivity index (χ0v) is 25.1. The Hall–Kier alpha value is -2.97. The Labute approximate surface area is 245 Å². The molecular formula is C33H47N3O5. The molecule has 4 rings (SSSR count). The number of aliphatic hydroxyl groups is 1. The van der Waals surface area contributed by atoms with Gasteiger partial charge in [-0.15, -0.1) is 13.2 Å². The average Bonchev–Trinajstić information content (AvgIpc) is 3.57. The van der Waals surface area contributed by atoms with Gasteiger partial charge in [0.25, 0.3) is 0 Å². The van der Waals surface area contributed by atoms with Crippen molar-refractivity contribution in [3.63, 3.8) is 0 Å². The standard InChI is InChI=1S/C33H47N3O5/c1-7-18-34(19-8-2)29(38)26-27-30(39)36(25(22-37)21-24-14-12-11-13-15-24)28(31(40)35(20-9-3)23(5)6)33(27)17-16-32(26,10-4)41-33/h7,9,11-15,23,25-28,37H,1,3,8,10,16-22H2,2,4-6H3/t25-,26+,27+,28?,32-,33?/m1/s1. The fourth-order valence-electron chi connectivity index (χ4n) is 7.61. The molecule has 1 aromatic carbocycles. The van der Waals surface area contributed by atoms with E-state index >= 15 is 0 Å². The van der Waals surface area contributed by atoms with E-state index in [-0.39, 0.29) is 30.4 Å². The van der Waals surface area contributed by atoms with Crippen LogP contribution in [0.25, 0.3) is 0 Å². The third kappa shape index (κ3) is 5.14. The number of fused-ring (bicyclic) bond motifs is 1. The SMILES string of the molecule is C=CCN(CCC)C(=O)[C@@H]1[C@H]2C(=O)N([C@@H](CO)Cc3ccccc3)C(C(=O)N(CC=C)C(C)C)C23CC[C@@]1(CC)O3. The van der Waals surface area contributed by atoms with Crippen LogP contribution in [0, 0.1) is 11.8 Å². The van der Waals surface area contributed by atoms with Crippen molar-refractivity contribution in [3.05, 3.63) is 61.2 Å². The molecule has 3 fully saturated rings. The van der Waals surface area contributed by atoms with Gasteiger partial charge in [-0.2, -0.15) is 0 Å². The topological polar surface area (TPSA) is 90.4 Å². The number of ether oxygens (including phenoxy) is 1. The van der Waals surface area contributed by atoms with E-state index in [4.69, 9.17) is 4.74 Å². The van der Waals surface area contributed by atoms with Gasteiger partial charge in [-0.05, 0) is 51.5 Å². The summed E-state index contributed by atoms with van der Waals surface area (Å²) in [6, 6.07) is 7.93. The van der Waals surface area contributed by atoms with Gasteiger partial charge >= 0.3 is 0 Å². The van der Waals surface area contributed by atoms with Crippen molar-refractivity contribution in [2.24, 2.45) is 11.8 Å². The third-order valence-corrected chi connectivity index (χ3v) is 9.42. The molecule has 3 heterocycles. The largest absolute Gasteiger partial charge is 0.394 e. The second kappa shape index (κ2) is 12.5. The Morgan fingerprint density at radius 2 is 1.80 bits per heavy atom. The summed E-state index contributed by atoms with van der Waals surface area (Å²) >= 11 is 0. The number of aliphatic hydroxyl groups excluding tert-OH is 1. The highest BCUT2D eigenvalue weighted by Crippen LogP contribution is 2.65. The van der Waals surface area contributed by atoms with Gasteiger partial charge in [-0.25, -0.2) is 0 Å². The molecule has 0 aromatic heterocycles. The van der Waals surface area contributed by atoms with Crippen LogP contribution in [0.15, 0.2) is 55.6 Å². The first-order valence-corrected chi connectivity index (χ1v) is 15.1. The molecular weight excluding hydrogens is 518 g/mol. The van der Waals surface area contributed by atoms with Gasteiger partial charge in [-0.3, -0.25) is 14.4 Å². The zero-order valence-electron chi connectivity index (χ0n) is 25.1. The summed E-state index contributed by atoms with van der Waals surface area (Å²) in [4.78, 5) is 48.6. The fourth-order valence-corrected chi connectivity index (χ4v) is 7.61. The maximum Gasteiger partial charge on any atom is 0.248 e. The molecule has 6 atom stereocenters. The van der Waals surface area contributed by atoms with Crippen molar-refractivity contribution in [2.75, 3.05) is 26.2 Å². The Morgan fingerprint density at radius 1 is 1.12 bits per heavy atom. The van der Waals surface area contributed by atoms with E-state index in [1.165, 1.54) is 0 Å². The normalized spacial score (nSPS) is 29.0.